The predicted octanol–water partition coefficient (Wildman–Crippen LogP) is 5.48. The molecule has 0 aliphatic heterocycles. The van der Waals surface area contributed by atoms with Crippen molar-refractivity contribution in [3.8, 4) is 0 Å². The summed E-state index contributed by atoms with van der Waals surface area (Å²) in [5, 5.41) is 0. The van der Waals surface area contributed by atoms with Crippen molar-refractivity contribution in [2.75, 3.05) is 46.3 Å². The van der Waals surface area contributed by atoms with Crippen LogP contribution < -0.4 is 4.98 Å². The first-order chi connectivity index (χ1) is 13.8. The number of nitrogens with one attached hydrogen (secondary N) is 1. The molecular weight excluding hydrogens is 384 g/mol. The van der Waals surface area contributed by atoms with Crippen molar-refractivity contribution >= 4 is 8.72 Å². The molecule has 0 bridgehead atoms. The van der Waals surface area contributed by atoms with Gasteiger partial charge in [-0.2, -0.15) is 0 Å². The van der Waals surface area contributed by atoms with E-state index >= 15 is 0 Å². The van der Waals surface area contributed by atoms with Gasteiger partial charge in [0.05, 0.1) is 0 Å². The minimum absolute atomic E-state index is 0.656. The Morgan fingerprint density at radius 2 is 0.600 bits per heavy atom. The molecule has 0 saturated heterocycles. The minimum Gasteiger partial charge on any atom is -0.303 e. The fourth-order valence-corrected chi connectivity index (χ4v) is 10.6. The summed E-state index contributed by atoms with van der Waals surface area (Å²) in [6.07, 6.45) is 0. The van der Waals surface area contributed by atoms with Crippen LogP contribution in [0.2, 0.25) is 0 Å². The molecule has 182 valence electrons. The SMILES string of the molecule is CN[Si](N(CC(C)C)CC(C)C)(N(CC(C)C)CC(C)C)N(CC(C)C)CC(C)C. The summed E-state index contributed by atoms with van der Waals surface area (Å²) in [6, 6.07) is 0. The van der Waals surface area contributed by atoms with Crippen LogP contribution in [0.15, 0.2) is 0 Å². The van der Waals surface area contributed by atoms with Crippen molar-refractivity contribution < 1.29 is 0 Å². The summed E-state index contributed by atoms with van der Waals surface area (Å²) in [6.45, 7) is 35.5. The molecule has 0 aromatic heterocycles. The van der Waals surface area contributed by atoms with Gasteiger partial charge in [-0.05, 0) is 81.8 Å². The van der Waals surface area contributed by atoms with Gasteiger partial charge in [0.2, 0.25) is 0 Å². The molecule has 0 rings (SSSR count). The van der Waals surface area contributed by atoms with E-state index in [1.807, 2.05) is 0 Å². The third kappa shape index (κ3) is 10.1. The average molecular weight is 443 g/mol. The maximum absolute atomic E-state index is 4.06. The first-order valence-corrected chi connectivity index (χ1v) is 14.5. The first kappa shape index (κ1) is 30.1. The first-order valence-electron chi connectivity index (χ1n) is 12.7. The quantitative estimate of drug-likeness (QED) is 0.319. The Balaban J connectivity index is 6.72. The molecule has 30 heavy (non-hydrogen) atoms. The highest BCUT2D eigenvalue weighted by atomic mass is 28.4. The molecule has 5 heteroatoms. The van der Waals surface area contributed by atoms with E-state index in [4.69, 9.17) is 0 Å². The van der Waals surface area contributed by atoms with Crippen molar-refractivity contribution in [2.24, 2.45) is 35.5 Å². The lowest BCUT2D eigenvalue weighted by Gasteiger charge is -2.55. The second-order valence-electron chi connectivity index (χ2n) is 12.0. The highest BCUT2D eigenvalue weighted by Crippen LogP contribution is 2.26. The number of nitrogens with zero attached hydrogens (tertiary/aromatic N) is 3. The van der Waals surface area contributed by atoms with Crippen molar-refractivity contribution in [1.82, 2.24) is 18.7 Å². The summed E-state index contributed by atoms with van der Waals surface area (Å²) >= 11 is 0. The van der Waals surface area contributed by atoms with Gasteiger partial charge in [-0.3, -0.25) is 13.7 Å². The lowest BCUT2D eigenvalue weighted by Crippen LogP contribution is -2.83. The Morgan fingerprint density at radius 1 is 0.433 bits per heavy atom. The summed E-state index contributed by atoms with van der Waals surface area (Å²) in [5.74, 6) is 3.94. The maximum Gasteiger partial charge on any atom is 0.374 e. The molecule has 0 aromatic carbocycles. The van der Waals surface area contributed by atoms with Gasteiger partial charge in [0.15, 0.2) is 0 Å². The Labute approximate surface area is 192 Å². The molecule has 0 fully saturated rings. The Bertz CT molecular complexity index is 345. The van der Waals surface area contributed by atoms with Crippen molar-refractivity contribution in [3.05, 3.63) is 0 Å². The fourth-order valence-electron chi connectivity index (χ4n) is 4.71. The van der Waals surface area contributed by atoms with Crippen LogP contribution in [0.3, 0.4) is 0 Å². The van der Waals surface area contributed by atoms with Gasteiger partial charge >= 0.3 is 8.72 Å². The second kappa shape index (κ2) is 14.3. The van der Waals surface area contributed by atoms with Crippen LogP contribution in [0.25, 0.3) is 0 Å². The average Bonchev–Trinajstić information content (AvgIpc) is 2.52. The highest BCUT2D eigenvalue weighted by Gasteiger charge is 2.51. The van der Waals surface area contributed by atoms with Gasteiger partial charge in [-0.1, -0.05) is 83.1 Å². The maximum atomic E-state index is 4.06. The molecule has 0 unspecified atom stereocenters. The number of hydrogen-bond acceptors (Lipinski definition) is 4. The van der Waals surface area contributed by atoms with Crippen LogP contribution in [-0.4, -0.2) is 68.7 Å². The van der Waals surface area contributed by atoms with E-state index in [-0.39, 0.29) is 0 Å². The lowest BCUT2D eigenvalue weighted by atomic mass is 10.2. The molecule has 4 nitrogen and oxygen atoms in total. The van der Waals surface area contributed by atoms with E-state index in [2.05, 4.69) is 109 Å². The molecule has 0 saturated carbocycles. The van der Waals surface area contributed by atoms with Gasteiger partial charge in [0.1, 0.15) is 0 Å². The van der Waals surface area contributed by atoms with Crippen molar-refractivity contribution in [3.63, 3.8) is 0 Å². The van der Waals surface area contributed by atoms with Crippen LogP contribution in [0.1, 0.15) is 83.1 Å². The number of rotatable bonds is 16. The molecule has 1 N–H and O–H groups in total. The molecular formula is C25H58N4Si. The van der Waals surface area contributed by atoms with Crippen LogP contribution in [0, 0.1) is 35.5 Å². The van der Waals surface area contributed by atoms with Crippen LogP contribution in [0.5, 0.6) is 0 Å². The molecule has 0 aliphatic rings. The standard InChI is InChI=1S/C25H58N4Si/c1-20(2)14-27(15-21(3)4)30(26-13,28(16-22(5)6)17-23(7)8)29(18-24(9)10)19-25(11)12/h20-26H,14-19H2,1-13H3. The Morgan fingerprint density at radius 3 is 0.700 bits per heavy atom. The van der Waals surface area contributed by atoms with Gasteiger partial charge in [-0.25, -0.2) is 0 Å². The van der Waals surface area contributed by atoms with Gasteiger partial charge in [-0.15, -0.1) is 0 Å². The highest BCUT2D eigenvalue weighted by molar-refractivity contribution is 6.69. The number of hydrogen-bond donors (Lipinski definition) is 1. The second-order valence-corrected chi connectivity index (χ2v) is 15.6. The summed E-state index contributed by atoms with van der Waals surface area (Å²) < 4.78 is 8.70. The fraction of sp³-hybridized carbons (Fsp3) is 1.00. The van der Waals surface area contributed by atoms with Crippen LogP contribution >= 0.6 is 0 Å². The predicted molar refractivity (Wildman–Crippen MR) is 139 cm³/mol. The van der Waals surface area contributed by atoms with E-state index < -0.39 is 8.72 Å². The monoisotopic (exact) mass is 442 g/mol. The van der Waals surface area contributed by atoms with E-state index in [1.54, 1.807) is 0 Å². The molecule has 0 spiro atoms. The zero-order valence-corrected chi connectivity index (χ0v) is 24.0. The molecule has 0 amide bonds. The Kier molecular flexibility index (Phi) is 14.3. The van der Waals surface area contributed by atoms with Crippen molar-refractivity contribution in [1.29, 1.82) is 0 Å². The molecule has 0 heterocycles. The van der Waals surface area contributed by atoms with Gasteiger partial charge in [0.25, 0.3) is 0 Å². The third-order valence-electron chi connectivity index (χ3n) is 5.17. The molecule has 0 radical (unpaired) electrons. The summed E-state index contributed by atoms with van der Waals surface area (Å²) in [5.41, 5.74) is 0. The van der Waals surface area contributed by atoms with E-state index in [9.17, 15) is 0 Å². The molecule has 0 aliphatic carbocycles. The van der Waals surface area contributed by atoms with E-state index in [0.29, 0.717) is 35.5 Å². The summed E-state index contributed by atoms with van der Waals surface area (Å²) in [7, 11) is -0.0333. The zero-order valence-electron chi connectivity index (χ0n) is 23.0. The van der Waals surface area contributed by atoms with Crippen molar-refractivity contribution in [2.45, 2.75) is 83.1 Å². The van der Waals surface area contributed by atoms with Crippen LogP contribution in [-0.2, 0) is 0 Å². The minimum atomic E-state index is -2.28. The van der Waals surface area contributed by atoms with Gasteiger partial charge < -0.3 is 4.98 Å². The zero-order chi connectivity index (χ0) is 23.6. The topological polar surface area (TPSA) is 21.8 Å². The van der Waals surface area contributed by atoms with Gasteiger partial charge in [0, 0.05) is 0 Å². The van der Waals surface area contributed by atoms with E-state index in [0.717, 1.165) is 39.3 Å². The Hall–Kier alpha value is 0.0569. The largest absolute Gasteiger partial charge is 0.374 e. The smallest absolute Gasteiger partial charge is 0.303 e. The van der Waals surface area contributed by atoms with E-state index in [1.165, 1.54) is 0 Å². The normalized spacial score (nSPS) is 13.8. The van der Waals surface area contributed by atoms with Crippen LogP contribution in [0.4, 0.5) is 0 Å². The molecule has 0 aromatic rings. The molecule has 0 atom stereocenters. The summed E-state index contributed by atoms with van der Waals surface area (Å²) in [4.78, 5) is 4.06. The third-order valence-corrected chi connectivity index (χ3v) is 9.58. The lowest BCUT2D eigenvalue weighted by molar-refractivity contribution is 0.169.